The summed E-state index contributed by atoms with van der Waals surface area (Å²) >= 11 is 0. The summed E-state index contributed by atoms with van der Waals surface area (Å²) in [6.45, 7) is 0. The van der Waals surface area contributed by atoms with Crippen LogP contribution in [0.5, 0.6) is 0 Å². The molecule has 0 aliphatic rings. The monoisotopic (exact) mass is 173 g/mol. The molecule has 0 N–H and O–H groups in total. The zero-order valence-electron chi connectivity index (χ0n) is 6.94. The van der Waals surface area contributed by atoms with E-state index in [1.165, 1.54) is 12.1 Å². The topological polar surface area (TPSA) is 12.9 Å². The van der Waals surface area contributed by atoms with Crippen molar-refractivity contribution in [1.29, 1.82) is 0 Å². The van der Waals surface area contributed by atoms with Crippen LogP contribution < -0.4 is 0 Å². The van der Waals surface area contributed by atoms with Crippen LogP contribution in [0.1, 0.15) is 0 Å². The first kappa shape index (κ1) is 7.92. The lowest BCUT2D eigenvalue weighted by Crippen LogP contribution is -1.79. The van der Waals surface area contributed by atoms with Gasteiger partial charge in [-0.2, -0.15) is 0 Å². The highest BCUT2D eigenvalue weighted by Crippen LogP contribution is 2.17. The zero-order chi connectivity index (χ0) is 9.10. The molecule has 0 bridgehead atoms. The molecule has 2 heteroatoms. The minimum absolute atomic E-state index is 0.215. The van der Waals surface area contributed by atoms with Gasteiger partial charge in [0.2, 0.25) is 0 Å². The van der Waals surface area contributed by atoms with Gasteiger partial charge in [-0.05, 0) is 29.3 Å². The number of pyridine rings is 1. The van der Waals surface area contributed by atoms with Gasteiger partial charge in [0.15, 0.2) is 0 Å². The molecule has 0 saturated carbocycles. The molecular formula is C11H8FN. The summed E-state index contributed by atoms with van der Waals surface area (Å²) in [5.41, 5.74) is 1.98. The Balaban J connectivity index is 2.42. The van der Waals surface area contributed by atoms with Crippen molar-refractivity contribution in [1.82, 2.24) is 4.98 Å². The molecule has 0 spiro atoms. The second-order valence-electron chi connectivity index (χ2n) is 2.75. The number of nitrogens with zero attached hydrogens (tertiary/aromatic N) is 1. The van der Waals surface area contributed by atoms with Gasteiger partial charge < -0.3 is 0 Å². The first-order valence-corrected chi connectivity index (χ1v) is 4.02. The quantitative estimate of drug-likeness (QED) is 0.646. The number of halogens is 1. The summed E-state index contributed by atoms with van der Waals surface area (Å²) in [5.74, 6) is -0.215. The van der Waals surface area contributed by atoms with Gasteiger partial charge in [-0.15, -0.1) is 0 Å². The summed E-state index contributed by atoms with van der Waals surface area (Å²) in [6, 6.07) is 10.2. The van der Waals surface area contributed by atoms with E-state index in [0.717, 1.165) is 11.1 Å². The molecule has 0 radical (unpaired) electrons. The average Bonchev–Trinajstić information content (AvgIpc) is 2.20. The van der Waals surface area contributed by atoms with Gasteiger partial charge in [0.05, 0.1) is 0 Å². The van der Waals surface area contributed by atoms with Crippen LogP contribution in [0.25, 0.3) is 11.1 Å². The Morgan fingerprint density at radius 3 is 2.31 bits per heavy atom. The number of benzene rings is 1. The number of hydrogen-bond donors (Lipinski definition) is 0. The molecule has 2 rings (SSSR count). The van der Waals surface area contributed by atoms with Crippen LogP contribution in [0.4, 0.5) is 4.39 Å². The lowest BCUT2D eigenvalue weighted by Gasteiger charge is -1.98. The molecule has 1 nitrogen and oxygen atoms in total. The van der Waals surface area contributed by atoms with E-state index in [-0.39, 0.29) is 5.82 Å². The molecule has 0 atom stereocenters. The summed E-state index contributed by atoms with van der Waals surface area (Å²) in [4.78, 5) is 3.99. The fraction of sp³-hybridized carbons (Fsp3) is 0. The Hall–Kier alpha value is -1.70. The van der Waals surface area contributed by atoms with Crippen molar-refractivity contribution in [2.75, 3.05) is 0 Å². The maximum Gasteiger partial charge on any atom is 0.123 e. The van der Waals surface area contributed by atoms with E-state index >= 15 is 0 Å². The lowest BCUT2D eigenvalue weighted by molar-refractivity contribution is 0.628. The minimum Gasteiger partial charge on any atom is -0.264 e. The summed E-state index contributed by atoms with van der Waals surface area (Å²) in [7, 11) is 0. The third kappa shape index (κ3) is 1.72. The molecule has 0 amide bonds. The number of rotatable bonds is 1. The molecule has 0 aliphatic heterocycles. The van der Waals surface area contributed by atoms with Crippen LogP contribution in [0.3, 0.4) is 0 Å². The van der Waals surface area contributed by atoms with Gasteiger partial charge >= 0.3 is 0 Å². The van der Waals surface area contributed by atoms with E-state index in [0.29, 0.717) is 0 Å². The van der Waals surface area contributed by atoms with E-state index < -0.39 is 0 Å². The van der Waals surface area contributed by atoms with Gasteiger partial charge in [-0.3, -0.25) is 4.98 Å². The van der Waals surface area contributed by atoms with Crippen LogP contribution in [-0.4, -0.2) is 4.98 Å². The predicted molar refractivity (Wildman–Crippen MR) is 49.6 cm³/mol. The van der Waals surface area contributed by atoms with E-state index in [1.807, 2.05) is 12.1 Å². The Kier molecular flexibility index (Phi) is 2.04. The number of hydrogen-bond acceptors (Lipinski definition) is 1. The molecule has 1 heterocycles. The molecule has 13 heavy (non-hydrogen) atoms. The third-order valence-electron chi connectivity index (χ3n) is 1.84. The van der Waals surface area contributed by atoms with Gasteiger partial charge in [-0.25, -0.2) is 4.39 Å². The van der Waals surface area contributed by atoms with Crippen LogP contribution in [0, 0.1) is 5.82 Å². The Bertz CT molecular complexity index is 381. The van der Waals surface area contributed by atoms with Gasteiger partial charge in [0.25, 0.3) is 0 Å². The zero-order valence-corrected chi connectivity index (χ0v) is 6.94. The van der Waals surface area contributed by atoms with Gasteiger partial charge in [-0.1, -0.05) is 18.2 Å². The SMILES string of the molecule is Fc1ccc(-c2cccnc2)cc1. The second-order valence-corrected chi connectivity index (χ2v) is 2.75. The molecule has 0 saturated heterocycles. The standard InChI is InChI=1S/C11H8FN/c12-11-5-3-9(4-6-11)10-2-1-7-13-8-10/h1-8H. The summed E-state index contributed by atoms with van der Waals surface area (Å²) in [6.07, 6.45) is 3.47. The van der Waals surface area contributed by atoms with Gasteiger partial charge in [0.1, 0.15) is 5.82 Å². The molecule has 1 aromatic heterocycles. The average molecular weight is 173 g/mol. The fourth-order valence-electron chi connectivity index (χ4n) is 1.18. The molecule has 0 unspecified atom stereocenters. The van der Waals surface area contributed by atoms with E-state index in [4.69, 9.17) is 0 Å². The molecule has 1 aromatic carbocycles. The Morgan fingerprint density at radius 1 is 0.923 bits per heavy atom. The number of aromatic nitrogens is 1. The second kappa shape index (κ2) is 3.35. The lowest BCUT2D eigenvalue weighted by atomic mass is 10.1. The first-order chi connectivity index (χ1) is 6.36. The fourth-order valence-corrected chi connectivity index (χ4v) is 1.18. The van der Waals surface area contributed by atoms with E-state index in [9.17, 15) is 4.39 Å². The normalized spacial score (nSPS) is 9.92. The third-order valence-corrected chi connectivity index (χ3v) is 1.84. The van der Waals surface area contributed by atoms with Crippen molar-refractivity contribution >= 4 is 0 Å². The smallest absolute Gasteiger partial charge is 0.123 e. The van der Waals surface area contributed by atoms with Crippen molar-refractivity contribution in [2.45, 2.75) is 0 Å². The molecule has 0 fully saturated rings. The Labute approximate surface area is 75.9 Å². The van der Waals surface area contributed by atoms with Crippen molar-refractivity contribution in [3.63, 3.8) is 0 Å². The van der Waals surface area contributed by atoms with Gasteiger partial charge in [0, 0.05) is 12.4 Å². The minimum atomic E-state index is -0.215. The maximum absolute atomic E-state index is 12.6. The molecule has 0 aliphatic carbocycles. The van der Waals surface area contributed by atoms with Crippen LogP contribution >= 0.6 is 0 Å². The maximum atomic E-state index is 12.6. The van der Waals surface area contributed by atoms with Crippen LogP contribution in [0.2, 0.25) is 0 Å². The highest BCUT2D eigenvalue weighted by atomic mass is 19.1. The van der Waals surface area contributed by atoms with Crippen LogP contribution in [-0.2, 0) is 0 Å². The van der Waals surface area contributed by atoms with Crippen molar-refractivity contribution in [3.05, 3.63) is 54.6 Å². The van der Waals surface area contributed by atoms with Crippen molar-refractivity contribution < 1.29 is 4.39 Å². The molecule has 64 valence electrons. The molecule has 2 aromatic rings. The highest BCUT2D eigenvalue weighted by molar-refractivity contribution is 5.61. The van der Waals surface area contributed by atoms with Crippen molar-refractivity contribution in [3.8, 4) is 11.1 Å². The molecular weight excluding hydrogens is 165 g/mol. The predicted octanol–water partition coefficient (Wildman–Crippen LogP) is 2.89. The largest absolute Gasteiger partial charge is 0.264 e. The Morgan fingerprint density at radius 2 is 1.69 bits per heavy atom. The summed E-state index contributed by atoms with van der Waals surface area (Å²) in [5, 5.41) is 0. The summed E-state index contributed by atoms with van der Waals surface area (Å²) < 4.78 is 12.6. The highest BCUT2D eigenvalue weighted by Gasteiger charge is 1.95. The van der Waals surface area contributed by atoms with E-state index in [1.54, 1.807) is 24.5 Å². The van der Waals surface area contributed by atoms with Crippen LogP contribution in [0.15, 0.2) is 48.8 Å². The first-order valence-electron chi connectivity index (χ1n) is 4.02. The van der Waals surface area contributed by atoms with E-state index in [2.05, 4.69) is 4.98 Å². The van der Waals surface area contributed by atoms with Crippen molar-refractivity contribution in [2.24, 2.45) is 0 Å².